The van der Waals surface area contributed by atoms with Gasteiger partial charge in [-0.3, -0.25) is 9.97 Å². The van der Waals surface area contributed by atoms with Crippen molar-refractivity contribution in [1.82, 2.24) is 15.0 Å². The van der Waals surface area contributed by atoms with E-state index in [2.05, 4.69) is 20.3 Å². The minimum atomic E-state index is 0.532. The second kappa shape index (κ2) is 4.90. The van der Waals surface area contributed by atoms with Gasteiger partial charge in [-0.2, -0.15) is 0 Å². The number of nitrogens with zero attached hydrogens (tertiary/aromatic N) is 3. The second-order valence-electron chi connectivity index (χ2n) is 3.38. The van der Waals surface area contributed by atoms with Crippen LogP contribution in [0.3, 0.4) is 0 Å². The molecule has 0 saturated carbocycles. The Kier molecular flexibility index (Phi) is 3.31. The number of hydrogen-bond donors (Lipinski definition) is 1. The zero-order chi connectivity index (χ0) is 11.4. The fourth-order valence-electron chi connectivity index (χ4n) is 1.27. The third kappa shape index (κ3) is 2.67. The molecule has 0 aromatic carbocycles. The topological polar surface area (TPSA) is 50.7 Å². The lowest BCUT2D eigenvalue weighted by Crippen LogP contribution is -2.02. The van der Waals surface area contributed by atoms with E-state index in [9.17, 15) is 0 Å². The molecular weight excluding hydrogens is 224 g/mol. The highest BCUT2D eigenvalue weighted by Crippen LogP contribution is 2.16. The van der Waals surface area contributed by atoms with Gasteiger partial charge in [-0.05, 0) is 18.6 Å². The van der Waals surface area contributed by atoms with Crippen molar-refractivity contribution in [3.63, 3.8) is 0 Å². The summed E-state index contributed by atoms with van der Waals surface area (Å²) in [5, 5.41) is 3.74. The van der Waals surface area contributed by atoms with Crippen LogP contribution < -0.4 is 5.32 Å². The fourth-order valence-corrected chi connectivity index (χ4v) is 1.37. The molecule has 2 heterocycles. The van der Waals surface area contributed by atoms with E-state index in [0.717, 1.165) is 16.9 Å². The first kappa shape index (κ1) is 10.8. The van der Waals surface area contributed by atoms with Crippen molar-refractivity contribution in [3.05, 3.63) is 47.3 Å². The lowest BCUT2D eigenvalue weighted by atomic mass is 10.3. The monoisotopic (exact) mass is 234 g/mol. The van der Waals surface area contributed by atoms with E-state index >= 15 is 0 Å². The summed E-state index contributed by atoms with van der Waals surface area (Å²) < 4.78 is 0. The van der Waals surface area contributed by atoms with Gasteiger partial charge in [0.15, 0.2) is 0 Å². The lowest BCUT2D eigenvalue weighted by Gasteiger charge is -2.06. The van der Waals surface area contributed by atoms with E-state index in [1.165, 1.54) is 0 Å². The summed E-state index contributed by atoms with van der Waals surface area (Å²) in [5.74, 6) is 0. The number of pyridine rings is 1. The molecule has 0 aliphatic carbocycles. The second-order valence-corrected chi connectivity index (χ2v) is 3.74. The van der Waals surface area contributed by atoms with E-state index in [1.807, 2.05) is 13.0 Å². The van der Waals surface area contributed by atoms with E-state index in [0.29, 0.717) is 11.7 Å². The molecular formula is C11H11ClN4. The molecule has 2 rings (SSSR count). The molecule has 0 fully saturated rings. The van der Waals surface area contributed by atoms with Gasteiger partial charge in [-0.25, -0.2) is 4.98 Å². The first-order valence-corrected chi connectivity index (χ1v) is 5.24. The summed E-state index contributed by atoms with van der Waals surface area (Å²) >= 11 is 5.84. The SMILES string of the molecule is Cc1cc(NCc2cnccn2)cnc1Cl. The Morgan fingerprint density at radius 3 is 2.81 bits per heavy atom. The largest absolute Gasteiger partial charge is 0.378 e. The highest BCUT2D eigenvalue weighted by Gasteiger charge is 1.99. The smallest absolute Gasteiger partial charge is 0.132 e. The molecule has 0 saturated heterocycles. The molecule has 1 N–H and O–H groups in total. The first-order valence-electron chi connectivity index (χ1n) is 4.86. The van der Waals surface area contributed by atoms with Crippen LogP contribution in [0.5, 0.6) is 0 Å². The number of aryl methyl sites for hydroxylation is 1. The number of nitrogens with one attached hydrogen (secondary N) is 1. The molecule has 0 spiro atoms. The van der Waals surface area contributed by atoms with Crippen molar-refractivity contribution in [2.45, 2.75) is 13.5 Å². The zero-order valence-electron chi connectivity index (χ0n) is 8.81. The Morgan fingerprint density at radius 1 is 1.25 bits per heavy atom. The lowest BCUT2D eigenvalue weighted by molar-refractivity contribution is 1.01. The van der Waals surface area contributed by atoms with Crippen molar-refractivity contribution >= 4 is 17.3 Å². The Hall–Kier alpha value is -1.68. The summed E-state index contributed by atoms with van der Waals surface area (Å²) in [5.41, 5.74) is 2.76. The van der Waals surface area contributed by atoms with Crippen molar-refractivity contribution in [3.8, 4) is 0 Å². The van der Waals surface area contributed by atoms with Crippen LogP contribution in [-0.2, 0) is 6.54 Å². The third-order valence-electron chi connectivity index (χ3n) is 2.10. The van der Waals surface area contributed by atoms with Gasteiger partial charge in [-0.15, -0.1) is 0 Å². The highest BCUT2D eigenvalue weighted by molar-refractivity contribution is 6.30. The molecule has 5 heteroatoms. The third-order valence-corrected chi connectivity index (χ3v) is 2.50. The van der Waals surface area contributed by atoms with Gasteiger partial charge in [0.25, 0.3) is 0 Å². The normalized spacial score (nSPS) is 10.1. The van der Waals surface area contributed by atoms with Gasteiger partial charge in [0.2, 0.25) is 0 Å². The molecule has 16 heavy (non-hydrogen) atoms. The number of halogens is 1. The summed E-state index contributed by atoms with van der Waals surface area (Å²) in [7, 11) is 0. The standard InChI is InChI=1S/C11H11ClN4/c1-8-4-9(6-16-11(8)12)15-7-10-5-13-2-3-14-10/h2-6,15H,7H2,1H3. The predicted octanol–water partition coefficient (Wildman–Crippen LogP) is 2.45. The minimum absolute atomic E-state index is 0.532. The quantitative estimate of drug-likeness (QED) is 0.829. The van der Waals surface area contributed by atoms with Gasteiger partial charge in [-0.1, -0.05) is 11.6 Å². The Morgan fingerprint density at radius 2 is 2.12 bits per heavy atom. The fraction of sp³-hybridized carbons (Fsp3) is 0.182. The number of aromatic nitrogens is 3. The zero-order valence-corrected chi connectivity index (χ0v) is 9.57. The van der Waals surface area contributed by atoms with E-state index < -0.39 is 0 Å². The van der Waals surface area contributed by atoms with Crippen LogP contribution in [0.25, 0.3) is 0 Å². The Bertz CT molecular complexity index is 473. The van der Waals surface area contributed by atoms with Crippen LogP contribution in [-0.4, -0.2) is 15.0 Å². The van der Waals surface area contributed by atoms with Crippen LogP contribution in [0.15, 0.2) is 30.9 Å². The number of rotatable bonds is 3. The van der Waals surface area contributed by atoms with Crippen molar-refractivity contribution in [2.75, 3.05) is 5.32 Å². The molecule has 0 aliphatic heterocycles. The molecule has 0 bridgehead atoms. The number of anilines is 1. The molecule has 0 unspecified atom stereocenters. The average Bonchev–Trinajstić information content (AvgIpc) is 2.32. The maximum absolute atomic E-state index is 5.84. The van der Waals surface area contributed by atoms with Gasteiger partial charge >= 0.3 is 0 Å². The van der Waals surface area contributed by atoms with E-state index in [-0.39, 0.29) is 0 Å². The van der Waals surface area contributed by atoms with Crippen molar-refractivity contribution < 1.29 is 0 Å². The summed E-state index contributed by atoms with van der Waals surface area (Å²) in [6, 6.07) is 1.95. The molecule has 2 aromatic rings. The molecule has 0 radical (unpaired) electrons. The summed E-state index contributed by atoms with van der Waals surface area (Å²) in [6.45, 7) is 2.54. The highest BCUT2D eigenvalue weighted by atomic mass is 35.5. The molecule has 82 valence electrons. The predicted molar refractivity (Wildman–Crippen MR) is 63.3 cm³/mol. The van der Waals surface area contributed by atoms with Gasteiger partial charge < -0.3 is 5.32 Å². The number of hydrogen-bond acceptors (Lipinski definition) is 4. The van der Waals surface area contributed by atoms with Gasteiger partial charge in [0.05, 0.1) is 30.3 Å². The molecule has 2 aromatic heterocycles. The average molecular weight is 235 g/mol. The molecule has 4 nitrogen and oxygen atoms in total. The molecule has 0 amide bonds. The van der Waals surface area contributed by atoms with Crippen molar-refractivity contribution in [2.24, 2.45) is 0 Å². The summed E-state index contributed by atoms with van der Waals surface area (Å²) in [6.07, 6.45) is 6.74. The van der Waals surface area contributed by atoms with Crippen LogP contribution in [0.4, 0.5) is 5.69 Å². The van der Waals surface area contributed by atoms with Crippen LogP contribution in [0.2, 0.25) is 5.15 Å². The van der Waals surface area contributed by atoms with Crippen LogP contribution >= 0.6 is 11.6 Å². The van der Waals surface area contributed by atoms with Crippen molar-refractivity contribution in [1.29, 1.82) is 0 Å². The van der Waals surface area contributed by atoms with Crippen LogP contribution in [0.1, 0.15) is 11.3 Å². The minimum Gasteiger partial charge on any atom is -0.378 e. The Labute approximate surface area is 98.7 Å². The first-order chi connectivity index (χ1) is 7.75. The van der Waals surface area contributed by atoms with E-state index in [1.54, 1.807) is 24.8 Å². The van der Waals surface area contributed by atoms with Gasteiger partial charge in [0.1, 0.15) is 5.15 Å². The van der Waals surface area contributed by atoms with Gasteiger partial charge in [0, 0.05) is 12.4 Å². The van der Waals surface area contributed by atoms with Crippen LogP contribution in [0, 0.1) is 6.92 Å². The maximum atomic E-state index is 5.84. The van der Waals surface area contributed by atoms with E-state index in [4.69, 9.17) is 11.6 Å². The summed E-state index contributed by atoms with van der Waals surface area (Å²) in [4.78, 5) is 12.2. The Balaban J connectivity index is 2.03. The maximum Gasteiger partial charge on any atom is 0.132 e. The molecule has 0 aliphatic rings. The molecule has 0 atom stereocenters.